The van der Waals surface area contributed by atoms with Crippen molar-refractivity contribution in [2.24, 2.45) is 17.2 Å². The number of carbonyl (C=O) groups is 2. The first-order chi connectivity index (χ1) is 9.57. The third kappa shape index (κ3) is 4.80. The minimum Gasteiger partial charge on any atom is -0.480 e. The lowest BCUT2D eigenvalue weighted by molar-refractivity contribution is -0.146. The zero-order valence-electron chi connectivity index (χ0n) is 11.7. The van der Waals surface area contributed by atoms with Crippen LogP contribution in [0.4, 0.5) is 0 Å². The van der Waals surface area contributed by atoms with Crippen LogP contribution in [0.15, 0.2) is 0 Å². The van der Waals surface area contributed by atoms with Crippen molar-refractivity contribution in [3.63, 3.8) is 0 Å². The van der Waals surface area contributed by atoms with Gasteiger partial charge < -0.3 is 37.6 Å². The van der Waals surface area contributed by atoms with Gasteiger partial charge in [-0.15, -0.1) is 0 Å². The number of carboxylic acid groups (broad SMARTS) is 2. The maximum absolute atomic E-state index is 11.2. The number of hydrogen-bond donors (Lipinski definition) is 7. The first-order valence-electron chi connectivity index (χ1n) is 6.12. The van der Waals surface area contributed by atoms with E-state index in [1.165, 1.54) is 0 Å². The molecule has 0 heterocycles. The molecule has 0 radical (unpaired) electrons. The summed E-state index contributed by atoms with van der Waals surface area (Å²) in [5, 5.41) is 35.6. The summed E-state index contributed by atoms with van der Waals surface area (Å²) in [5.74, 6) is -2.78. The van der Waals surface area contributed by atoms with Crippen LogP contribution in [-0.2, 0) is 9.59 Å². The molecule has 10 heteroatoms. The standard InChI is InChI=1S/C11H23N3O6S/c1-21-7(11(14,5-16)9(19)20)2-6(12)3-10(13,4-15)8(17)18/h6-7,15-16H,2-5,12-14H2,1H3,(H,17,18)(H,19,20). The normalized spacial score (nSPS) is 20.1. The monoisotopic (exact) mass is 325 g/mol. The Morgan fingerprint density at radius 2 is 1.67 bits per heavy atom. The van der Waals surface area contributed by atoms with Gasteiger partial charge in [0.25, 0.3) is 0 Å². The number of nitrogens with two attached hydrogens (primary N) is 3. The van der Waals surface area contributed by atoms with Crippen LogP contribution in [0.2, 0.25) is 0 Å². The number of rotatable bonds is 10. The van der Waals surface area contributed by atoms with Crippen LogP contribution in [0.25, 0.3) is 0 Å². The highest BCUT2D eigenvalue weighted by Crippen LogP contribution is 2.26. The average molecular weight is 325 g/mol. The second-order valence-electron chi connectivity index (χ2n) is 5.05. The Labute approximate surface area is 126 Å². The largest absolute Gasteiger partial charge is 0.480 e. The van der Waals surface area contributed by atoms with Crippen LogP contribution in [0.3, 0.4) is 0 Å². The molecular formula is C11H23N3O6S. The minimum atomic E-state index is -1.90. The van der Waals surface area contributed by atoms with Crippen molar-refractivity contribution in [1.29, 1.82) is 0 Å². The molecule has 124 valence electrons. The fraction of sp³-hybridized carbons (Fsp3) is 0.818. The summed E-state index contributed by atoms with van der Waals surface area (Å²) in [5.41, 5.74) is 13.2. The van der Waals surface area contributed by atoms with Crippen molar-refractivity contribution in [2.45, 2.75) is 35.2 Å². The summed E-state index contributed by atoms with van der Waals surface area (Å²) in [4.78, 5) is 22.2. The van der Waals surface area contributed by atoms with Gasteiger partial charge in [-0.05, 0) is 19.1 Å². The van der Waals surface area contributed by atoms with E-state index in [-0.39, 0.29) is 12.8 Å². The predicted molar refractivity (Wildman–Crippen MR) is 77.8 cm³/mol. The lowest BCUT2D eigenvalue weighted by Gasteiger charge is -2.34. The second-order valence-corrected chi connectivity index (χ2v) is 6.09. The van der Waals surface area contributed by atoms with Gasteiger partial charge in [-0.2, -0.15) is 11.8 Å². The van der Waals surface area contributed by atoms with Crippen LogP contribution in [0, 0.1) is 0 Å². The Morgan fingerprint density at radius 3 is 1.95 bits per heavy atom. The first-order valence-corrected chi connectivity index (χ1v) is 7.40. The summed E-state index contributed by atoms with van der Waals surface area (Å²) >= 11 is 1.10. The Morgan fingerprint density at radius 1 is 1.14 bits per heavy atom. The molecule has 4 unspecified atom stereocenters. The highest BCUT2D eigenvalue weighted by Gasteiger charge is 2.43. The van der Waals surface area contributed by atoms with Crippen molar-refractivity contribution < 1.29 is 30.0 Å². The van der Waals surface area contributed by atoms with Gasteiger partial charge in [0.05, 0.1) is 13.2 Å². The molecule has 0 saturated heterocycles. The van der Waals surface area contributed by atoms with Crippen molar-refractivity contribution in [3.05, 3.63) is 0 Å². The summed E-state index contributed by atoms with van der Waals surface area (Å²) in [6, 6.07) is -0.801. The molecule has 0 rings (SSSR count). The van der Waals surface area contributed by atoms with Gasteiger partial charge in [-0.3, -0.25) is 9.59 Å². The van der Waals surface area contributed by atoms with Gasteiger partial charge >= 0.3 is 11.9 Å². The Hall–Kier alpha value is -0.910. The maximum Gasteiger partial charge on any atom is 0.327 e. The average Bonchev–Trinajstić information content (AvgIpc) is 2.43. The van der Waals surface area contributed by atoms with E-state index in [0.29, 0.717) is 0 Å². The first kappa shape index (κ1) is 20.1. The van der Waals surface area contributed by atoms with Crippen molar-refractivity contribution in [3.8, 4) is 0 Å². The van der Waals surface area contributed by atoms with E-state index in [0.717, 1.165) is 11.8 Å². The number of thioether (sulfide) groups is 1. The Balaban J connectivity index is 4.99. The molecule has 0 aliphatic rings. The molecule has 0 aliphatic carbocycles. The molecule has 0 spiro atoms. The molecule has 9 nitrogen and oxygen atoms in total. The molecule has 0 saturated carbocycles. The number of hydrogen-bond acceptors (Lipinski definition) is 8. The number of aliphatic hydroxyl groups excluding tert-OH is 2. The highest BCUT2D eigenvalue weighted by atomic mass is 32.2. The van der Waals surface area contributed by atoms with Crippen molar-refractivity contribution >= 4 is 23.7 Å². The third-order valence-electron chi connectivity index (χ3n) is 3.37. The molecule has 0 aromatic carbocycles. The lowest BCUT2D eigenvalue weighted by atomic mass is 9.87. The Bertz CT molecular complexity index is 385. The third-order valence-corrected chi connectivity index (χ3v) is 4.55. The van der Waals surface area contributed by atoms with Gasteiger partial charge in [0.1, 0.15) is 11.1 Å². The molecule has 0 bridgehead atoms. The number of aliphatic carboxylic acids is 2. The summed E-state index contributed by atoms with van der Waals surface area (Å²) in [7, 11) is 0. The summed E-state index contributed by atoms with van der Waals surface area (Å²) in [6.45, 7) is -1.58. The number of carboxylic acids is 2. The van der Waals surface area contributed by atoms with Crippen molar-refractivity contribution in [2.75, 3.05) is 19.5 Å². The summed E-state index contributed by atoms with van der Waals surface area (Å²) < 4.78 is 0. The molecule has 4 atom stereocenters. The predicted octanol–water partition coefficient (Wildman–Crippen LogP) is -2.63. The molecular weight excluding hydrogens is 302 g/mol. The van der Waals surface area contributed by atoms with Crippen LogP contribution in [-0.4, -0.2) is 74.2 Å². The van der Waals surface area contributed by atoms with E-state index < -0.39 is 47.5 Å². The minimum absolute atomic E-state index is 0.0246. The van der Waals surface area contributed by atoms with E-state index in [4.69, 9.17) is 32.5 Å². The van der Waals surface area contributed by atoms with E-state index >= 15 is 0 Å². The molecule has 0 fully saturated rings. The fourth-order valence-electron chi connectivity index (χ4n) is 1.87. The van der Waals surface area contributed by atoms with Crippen LogP contribution < -0.4 is 17.2 Å². The van der Waals surface area contributed by atoms with Gasteiger partial charge in [0.2, 0.25) is 0 Å². The van der Waals surface area contributed by atoms with E-state index in [9.17, 15) is 14.7 Å². The zero-order chi connectivity index (χ0) is 16.8. The van der Waals surface area contributed by atoms with Gasteiger partial charge in [0.15, 0.2) is 0 Å². The SMILES string of the molecule is CSC(CC(N)CC(N)(CO)C(=O)O)C(N)(CO)C(=O)O. The summed E-state index contributed by atoms with van der Waals surface area (Å²) in [6.07, 6.45) is 1.38. The fourth-order valence-corrected chi connectivity index (χ4v) is 2.91. The second kappa shape index (κ2) is 7.92. The van der Waals surface area contributed by atoms with Crippen LogP contribution >= 0.6 is 11.8 Å². The zero-order valence-corrected chi connectivity index (χ0v) is 12.5. The van der Waals surface area contributed by atoms with Crippen molar-refractivity contribution in [1.82, 2.24) is 0 Å². The van der Waals surface area contributed by atoms with Gasteiger partial charge in [-0.1, -0.05) is 0 Å². The van der Waals surface area contributed by atoms with Gasteiger partial charge in [-0.25, -0.2) is 0 Å². The van der Waals surface area contributed by atoms with Gasteiger partial charge in [0, 0.05) is 11.3 Å². The lowest BCUT2D eigenvalue weighted by Crippen LogP contribution is -2.61. The van der Waals surface area contributed by atoms with E-state index in [1.54, 1.807) is 6.26 Å². The molecule has 0 aromatic rings. The maximum atomic E-state index is 11.2. The molecule has 10 N–H and O–H groups in total. The number of aliphatic hydroxyl groups is 2. The highest BCUT2D eigenvalue weighted by molar-refractivity contribution is 7.99. The van der Waals surface area contributed by atoms with E-state index in [2.05, 4.69) is 0 Å². The van der Waals surface area contributed by atoms with Crippen LogP contribution in [0.1, 0.15) is 12.8 Å². The Kier molecular flexibility index (Phi) is 7.57. The molecule has 0 aliphatic heterocycles. The quantitative estimate of drug-likeness (QED) is 0.223. The van der Waals surface area contributed by atoms with Crippen LogP contribution in [0.5, 0.6) is 0 Å². The topological polar surface area (TPSA) is 193 Å². The molecule has 0 amide bonds. The molecule has 0 aromatic heterocycles. The smallest absolute Gasteiger partial charge is 0.327 e. The molecule has 21 heavy (non-hydrogen) atoms. The van der Waals surface area contributed by atoms with E-state index in [1.807, 2.05) is 0 Å².